The number of hydrogen-bond acceptors (Lipinski definition) is 5. The maximum atomic E-state index is 9.47. The number of hydrogen-bond donors (Lipinski definition) is 0. The molecule has 0 spiro atoms. The summed E-state index contributed by atoms with van der Waals surface area (Å²) in [6.45, 7) is 10.8. The van der Waals surface area contributed by atoms with E-state index in [2.05, 4.69) is 50.7 Å². The average molecular weight is 450 g/mol. The molecule has 0 bridgehead atoms. The van der Waals surface area contributed by atoms with Crippen molar-refractivity contribution in [2.75, 3.05) is 7.11 Å². The topological polar surface area (TPSA) is 68.0 Å². The molecule has 0 radical (unpaired) electrons. The number of ether oxygens (including phenoxy) is 2. The Hall–Kier alpha value is -3.10. The summed E-state index contributed by atoms with van der Waals surface area (Å²) in [7, 11) is 1.51. The van der Waals surface area contributed by atoms with Gasteiger partial charge >= 0.3 is 0 Å². The van der Waals surface area contributed by atoms with Gasteiger partial charge in [0.15, 0.2) is 5.75 Å². The second-order valence-electron chi connectivity index (χ2n) is 9.21. The predicted molar refractivity (Wildman–Crippen MR) is 126 cm³/mol. The Labute approximate surface area is 195 Å². The van der Waals surface area contributed by atoms with Crippen LogP contribution in [0.1, 0.15) is 62.8 Å². The van der Waals surface area contributed by atoms with Crippen molar-refractivity contribution in [1.29, 1.82) is 5.26 Å². The Bertz CT molecular complexity index is 1140. The van der Waals surface area contributed by atoms with Crippen LogP contribution in [0.4, 0.5) is 0 Å². The molecule has 0 aliphatic rings. The molecule has 0 atom stereocenters. The first-order valence-electron chi connectivity index (χ1n) is 10.4. The van der Waals surface area contributed by atoms with Crippen molar-refractivity contribution in [2.24, 2.45) is 0 Å². The summed E-state index contributed by atoms with van der Waals surface area (Å²) in [4.78, 5) is 8.97. The molecule has 5 nitrogen and oxygen atoms in total. The molecule has 2 aromatic carbocycles. The smallest absolute Gasteiger partial charge is 0.155 e. The SMILES string of the molecule is COc1c(Cl)cc(C(C)(C)c2ccc(OCc3ccnc(C(C)(C)C)n3)cc2)cc1C#N. The Morgan fingerprint density at radius 1 is 1.00 bits per heavy atom. The van der Waals surface area contributed by atoms with Crippen LogP contribution in [-0.4, -0.2) is 17.1 Å². The summed E-state index contributed by atoms with van der Waals surface area (Å²) >= 11 is 6.36. The number of nitriles is 1. The van der Waals surface area contributed by atoms with E-state index in [0.717, 1.165) is 28.4 Å². The largest absolute Gasteiger partial charge is 0.494 e. The van der Waals surface area contributed by atoms with E-state index in [0.29, 0.717) is 22.9 Å². The minimum Gasteiger partial charge on any atom is -0.494 e. The quantitative estimate of drug-likeness (QED) is 0.447. The summed E-state index contributed by atoms with van der Waals surface area (Å²) in [6.07, 6.45) is 1.77. The number of methoxy groups -OCH3 is 1. The van der Waals surface area contributed by atoms with E-state index in [1.54, 1.807) is 6.20 Å². The van der Waals surface area contributed by atoms with Gasteiger partial charge in [0.2, 0.25) is 0 Å². The van der Waals surface area contributed by atoms with Crippen molar-refractivity contribution in [2.45, 2.75) is 52.1 Å². The first kappa shape index (κ1) is 23.6. The third-order valence-corrected chi connectivity index (χ3v) is 5.72. The standard InChI is InChI=1S/C26H28ClN3O2/c1-25(2,3)24-29-12-11-20(30-24)16-32-21-9-7-18(8-10-21)26(4,5)19-13-17(15-28)23(31-6)22(27)14-19/h7-14H,16H2,1-6H3. The lowest BCUT2D eigenvalue weighted by Crippen LogP contribution is -2.19. The highest BCUT2D eigenvalue weighted by Crippen LogP contribution is 2.38. The summed E-state index contributed by atoms with van der Waals surface area (Å²) in [5, 5.41) is 9.90. The van der Waals surface area contributed by atoms with Gasteiger partial charge in [-0.25, -0.2) is 9.97 Å². The maximum absolute atomic E-state index is 9.47. The van der Waals surface area contributed by atoms with Gasteiger partial charge in [-0.3, -0.25) is 0 Å². The molecule has 0 fully saturated rings. The third-order valence-electron chi connectivity index (χ3n) is 5.44. The molecular weight excluding hydrogens is 422 g/mol. The van der Waals surface area contributed by atoms with Crippen LogP contribution in [0.5, 0.6) is 11.5 Å². The van der Waals surface area contributed by atoms with Gasteiger partial charge in [0, 0.05) is 17.0 Å². The molecule has 0 amide bonds. The first-order valence-corrected chi connectivity index (χ1v) is 10.8. The molecule has 0 saturated carbocycles. The van der Waals surface area contributed by atoms with Crippen LogP contribution in [-0.2, 0) is 17.4 Å². The first-order chi connectivity index (χ1) is 15.1. The summed E-state index contributed by atoms with van der Waals surface area (Å²) < 4.78 is 11.2. The zero-order valence-electron chi connectivity index (χ0n) is 19.4. The van der Waals surface area contributed by atoms with Gasteiger partial charge in [-0.05, 0) is 41.5 Å². The fourth-order valence-electron chi connectivity index (χ4n) is 3.37. The molecule has 1 heterocycles. The highest BCUT2D eigenvalue weighted by Gasteiger charge is 2.26. The number of aromatic nitrogens is 2. The summed E-state index contributed by atoms with van der Waals surface area (Å²) in [5.74, 6) is 1.95. The summed E-state index contributed by atoms with van der Waals surface area (Å²) in [6, 6.07) is 15.7. The fourth-order valence-corrected chi connectivity index (χ4v) is 3.67. The molecule has 0 aliphatic carbocycles. The molecule has 3 rings (SSSR count). The van der Waals surface area contributed by atoms with E-state index in [1.165, 1.54) is 7.11 Å². The Morgan fingerprint density at radius 2 is 1.69 bits per heavy atom. The normalized spacial score (nSPS) is 11.7. The van der Waals surface area contributed by atoms with Crippen LogP contribution < -0.4 is 9.47 Å². The zero-order chi connectivity index (χ0) is 23.5. The number of nitrogens with zero attached hydrogens (tertiary/aromatic N) is 3. The van der Waals surface area contributed by atoms with Gasteiger partial charge < -0.3 is 9.47 Å². The molecule has 32 heavy (non-hydrogen) atoms. The highest BCUT2D eigenvalue weighted by atomic mass is 35.5. The third kappa shape index (κ3) is 5.03. The van der Waals surface area contributed by atoms with E-state index in [1.807, 2.05) is 42.5 Å². The minimum atomic E-state index is -0.367. The maximum Gasteiger partial charge on any atom is 0.155 e. The van der Waals surface area contributed by atoms with E-state index in [-0.39, 0.29) is 10.8 Å². The van der Waals surface area contributed by atoms with Crippen LogP contribution in [0.25, 0.3) is 0 Å². The van der Waals surface area contributed by atoms with Gasteiger partial charge in [0.25, 0.3) is 0 Å². The van der Waals surface area contributed by atoms with Gasteiger partial charge in [-0.2, -0.15) is 5.26 Å². The van der Waals surface area contributed by atoms with E-state index in [4.69, 9.17) is 21.1 Å². The number of rotatable bonds is 6. The number of benzene rings is 2. The molecule has 166 valence electrons. The molecule has 6 heteroatoms. The van der Waals surface area contributed by atoms with Crippen LogP contribution in [0.2, 0.25) is 5.02 Å². The molecule has 0 N–H and O–H groups in total. The van der Waals surface area contributed by atoms with E-state index < -0.39 is 0 Å². The molecule has 0 unspecified atom stereocenters. The lowest BCUT2D eigenvalue weighted by Gasteiger charge is -2.27. The molecule has 0 saturated heterocycles. The molecule has 3 aromatic rings. The second kappa shape index (κ2) is 9.18. The van der Waals surface area contributed by atoms with Crippen molar-refractivity contribution in [1.82, 2.24) is 9.97 Å². The molecular formula is C26H28ClN3O2. The monoisotopic (exact) mass is 449 g/mol. The van der Waals surface area contributed by atoms with E-state index in [9.17, 15) is 5.26 Å². The zero-order valence-corrected chi connectivity index (χ0v) is 20.1. The van der Waals surface area contributed by atoms with E-state index >= 15 is 0 Å². The Morgan fingerprint density at radius 3 is 2.28 bits per heavy atom. The van der Waals surface area contributed by atoms with Gasteiger partial charge in [-0.1, -0.05) is 58.4 Å². The molecule has 1 aromatic heterocycles. The lowest BCUT2D eigenvalue weighted by molar-refractivity contribution is 0.299. The molecule has 0 aliphatic heterocycles. The van der Waals surface area contributed by atoms with Gasteiger partial charge in [0.1, 0.15) is 24.3 Å². The van der Waals surface area contributed by atoms with Crippen molar-refractivity contribution in [3.05, 3.63) is 81.9 Å². The van der Waals surface area contributed by atoms with Crippen molar-refractivity contribution >= 4 is 11.6 Å². The van der Waals surface area contributed by atoms with Crippen LogP contribution in [0.3, 0.4) is 0 Å². The Kier molecular flexibility index (Phi) is 6.76. The highest BCUT2D eigenvalue weighted by molar-refractivity contribution is 6.32. The second-order valence-corrected chi connectivity index (χ2v) is 9.62. The Balaban J connectivity index is 1.78. The minimum absolute atomic E-state index is 0.112. The fraction of sp³-hybridized carbons (Fsp3) is 0.346. The van der Waals surface area contributed by atoms with Gasteiger partial charge in [0.05, 0.1) is 23.4 Å². The number of halogens is 1. The average Bonchev–Trinajstić information content (AvgIpc) is 2.77. The van der Waals surface area contributed by atoms with Crippen LogP contribution >= 0.6 is 11.6 Å². The van der Waals surface area contributed by atoms with Crippen molar-refractivity contribution in [3.8, 4) is 17.6 Å². The lowest BCUT2D eigenvalue weighted by atomic mass is 9.77. The van der Waals surface area contributed by atoms with Gasteiger partial charge in [-0.15, -0.1) is 0 Å². The van der Waals surface area contributed by atoms with Crippen LogP contribution in [0, 0.1) is 11.3 Å². The van der Waals surface area contributed by atoms with Crippen molar-refractivity contribution < 1.29 is 9.47 Å². The summed E-state index contributed by atoms with van der Waals surface area (Å²) in [5.41, 5.74) is 2.79. The van der Waals surface area contributed by atoms with Crippen molar-refractivity contribution in [3.63, 3.8) is 0 Å². The predicted octanol–water partition coefficient (Wildman–Crippen LogP) is 6.21. The van der Waals surface area contributed by atoms with Crippen LogP contribution in [0.15, 0.2) is 48.7 Å².